The Morgan fingerprint density at radius 1 is 1.30 bits per heavy atom. The van der Waals surface area contributed by atoms with Crippen LogP contribution in [0.4, 0.5) is 0 Å². The minimum atomic E-state index is 0.435. The maximum absolute atomic E-state index is 10.2. The third kappa shape index (κ3) is 2.60. The summed E-state index contributed by atoms with van der Waals surface area (Å²) in [5.74, 6) is 0.435. The third-order valence-electron chi connectivity index (χ3n) is 4.30. The normalized spacial score (nSPS) is 19.6. The Kier molecular flexibility index (Phi) is 3.81. The van der Waals surface area contributed by atoms with Gasteiger partial charge >= 0.3 is 0 Å². The number of aryl methyl sites for hydroxylation is 2. The zero-order valence-corrected chi connectivity index (χ0v) is 12.9. The van der Waals surface area contributed by atoms with Gasteiger partial charge in [-0.15, -0.1) is 11.3 Å². The van der Waals surface area contributed by atoms with Crippen LogP contribution in [0.15, 0.2) is 29.6 Å². The molecule has 3 rings (SSSR count). The molecule has 1 aliphatic rings. The predicted octanol–water partition coefficient (Wildman–Crippen LogP) is 4.41. The number of benzene rings is 1. The molecular formula is C17H21NOS. The second-order valence-corrected chi connectivity index (χ2v) is 6.69. The van der Waals surface area contributed by atoms with Gasteiger partial charge in [0.05, 0.1) is 0 Å². The summed E-state index contributed by atoms with van der Waals surface area (Å²) in [5.41, 5.74) is 3.46. The van der Waals surface area contributed by atoms with E-state index in [0.29, 0.717) is 11.8 Å². The van der Waals surface area contributed by atoms with Crippen molar-refractivity contribution in [2.45, 2.75) is 39.3 Å². The van der Waals surface area contributed by atoms with Gasteiger partial charge in [0.2, 0.25) is 0 Å². The molecule has 1 N–H and O–H groups in total. The highest BCUT2D eigenvalue weighted by molar-refractivity contribution is 7.10. The van der Waals surface area contributed by atoms with Crippen molar-refractivity contribution in [1.29, 1.82) is 0 Å². The number of phenols is 1. The molecule has 0 bridgehead atoms. The van der Waals surface area contributed by atoms with Crippen molar-refractivity contribution in [3.05, 3.63) is 51.2 Å². The molecule has 20 heavy (non-hydrogen) atoms. The molecular weight excluding hydrogens is 266 g/mol. The number of thiophene rings is 1. The lowest BCUT2D eigenvalue weighted by Crippen LogP contribution is -2.22. The van der Waals surface area contributed by atoms with Crippen LogP contribution in [0.5, 0.6) is 5.75 Å². The molecule has 2 aromatic rings. The van der Waals surface area contributed by atoms with E-state index in [0.717, 1.165) is 24.2 Å². The molecule has 1 fully saturated rings. The molecule has 1 aliphatic heterocycles. The molecule has 0 saturated carbocycles. The highest BCUT2D eigenvalue weighted by atomic mass is 32.1. The smallest absolute Gasteiger partial charge is 0.120 e. The Hall–Kier alpha value is -1.32. The molecule has 106 valence electrons. The van der Waals surface area contributed by atoms with Gasteiger partial charge in [0, 0.05) is 23.0 Å². The molecule has 1 aromatic carbocycles. The summed E-state index contributed by atoms with van der Waals surface area (Å²) in [6.07, 6.45) is 2.47. The average molecular weight is 287 g/mol. The van der Waals surface area contributed by atoms with Gasteiger partial charge < -0.3 is 5.11 Å². The van der Waals surface area contributed by atoms with Crippen LogP contribution in [0, 0.1) is 13.8 Å². The Bertz CT molecular complexity index is 591. The average Bonchev–Trinajstić information content (AvgIpc) is 3.06. The van der Waals surface area contributed by atoms with Gasteiger partial charge in [-0.2, -0.15) is 0 Å². The standard InChI is InChI=1S/C17H21NOS/c1-12-9-14(16(19)10-13(12)2)11-18-7-3-5-15(18)17-6-4-8-20-17/h4,6,8-10,15,19H,3,5,7,11H2,1-2H3/t15-/m1/s1. The second kappa shape index (κ2) is 5.58. The van der Waals surface area contributed by atoms with Crippen LogP contribution in [-0.4, -0.2) is 16.6 Å². The lowest BCUT2D eigenvalue weighted by Gasteiger charge is -2.24. The summed E-state index contributed by atoms with van der Waals surface area (Å²) in [7, 11) is 0. The van der Waals surface area contributed by atoms with Crippen LogP contribution in [-0.2, 0) is 6.54 Å². The molecule has 0 spiro atoms. The molecule has 0 amide bonds. The quantitative estimate of drug-likeness (QED) is 0.904. The molecule has 1 saturated heterocycles. The highest BCUT2D eigenvalue weighted by Gasteiger charge is 2.27. The number of aromatic hydroxyl groups is 1. The van der Waals surface area contributed by atoms with Crippen LogP contribution in [0.2, 0.25) is 0 Å². The van der Waals surface area contributed by atoms with Crippen LogP contribution < -0.4 is 0 Å². The summed E-state index contributed by atoms with van der Waals surface area (Å²) < 4.78 is 0. The number of rotatable bonds is 3. The molecule has 1 atom stereocenters. The maximum Gasteiger partial charge on any atom is 0.120 e. The molecule has 1 aromatic heterocycles. The van der Waals surface area contributed by atoms with Crippen molar-refractivity contribution in [3.8, 4) is 5.75 Å². The summed E-state index contributed by atoms with van der Waals surface area (Å²) in [6.45, 7) is 6.12. The van der Waals surface area contributed by atoms with E-state index in [1.807, 2.05) is 24.3 Å². The number of hydrogen-bond donors (Lipinski definition) is 1. The first-order valence-corrected chi connectivity index (χ1v) is 8.09. The van der Waals surface area contributed by atoms with E-state index in [-0.39, 0.29) is 0 Å². The molecule has 2 heterocycles. The Balaban J connectivity index is 1.82. The van der Waals surface area contributed by atoms with Crippen LogP contribution >= 0.6 is 11.3 Å². The van der Waals surface area contributed by atoms with Crippen molar-refractivity contribution >= 4 is 11.3 Å². The Morgan fingerprint density at radius 3 is 2.85 bits per heavy atom. The van der Waals surface area contributed by atoms with E-state index < -0.39 is 0 Å². The molecule has 0 radical (unpaired) electrons. The third-order valence-corrected chi connectivity index (χ3v) is 5.28. The first-order valence-electron chi connectivity index (χ1n) is 7.21. The van der Waals surface area contributed by atoms with Gasteiger partial charge in [-0.3, -0.25) is 4.90 Å². The van der Waals surface area contributed by atoms with Gasteiger partial charge in [0.15, 0.2) is 0 Å². The van der Waals surface area contributed by atoms with E-state index in [4.69, 9.17) is 0 Å². The predicted molar refractivity (Wildman–Crippen MR) is 84.3 cm³/mol. The summed E-state index contributed by atoms with van der Waals surface area (Å²) in [5, 5.41) is 12.3. The maximum atomic E-state index is 10.2. The first-order chi connectivity index (χ1) is 9.65. The fourth-order valence-corrected chi connectivity index (χ4v) is 3.92. The Labute approximate surface area is 124 Å². The minimum Gasteiger partial charge on any atom is -0.508 e. The van der Waals surface area contributed by atoms with Gasteiger partial charge in [-0.1, -0.05) is 12.1 Å². The summed E-state index contributed by atoms with van der Waals surface area (Å²) >= 11 is 1.84. The second-order valence-electron chi connectivity index (χ2n) is 5.71. The lowest BCUT2D eigenvalue weighted by molar-refractivity contribution is 0.248. The van der Waals surface area contributed by atoms with Crippen LogP contribution in [0.25, 0.3) is 0 Å². The van der Waals surface area contributed by atoms with Crippen LogP contribution in [0.1, 0.15) is 40.5 Å². The number of phenolic OH excluding ortho intramolecular Hbond substituents is 1. The molecule has 2 nitrogen and oxygen atoms in total. The van der Waals surface area contributed by atoms with E-state index >= 15 is 0 Å². The van der Waals surface area contributed by atoms with E-state index in [1.54, 1.807) is 0 Å². The molecule has 3 heteroatoms. The van der Waals surface area contributed by atoms with Gasteiger partial charge in [0.25, 0.3) is 0 Å². The summed E-state index contributed by atoms with van der Waals surface area (Å²) in [4.78, 5) is 3.95. The highest BCUT2D eigenvalue weighted by Crippen LogP contribution is 2.36. The lowest BCUT2D eigenvalue weighted by atomic mass is 10.0. The van der Waals surface area contributed by atoms with E-state index in [1.165, 1.54) is 23.3 Å². The number of nitrogens with zero attached hydrogens (tertiary/aromatic N) is 1. The van der Waals surface area contributed by atoms with E-state index in [2.05, 4.69) is 35.4 Å². The van der Waals surface area contributed by atoms with E-state index in [9.17, 15) is 5.11 Å². The zero-order valence-electron chi connectivity index (χ0n) is 12.1. The fourth-order valence-electron chi connectivity index (χ4n) is 3.02. The van der Waals surface area contributed by atoms with Crippen molar-refractivity contribution in [2.75, 3.05) is 6.54 Å². The van der Waals surface area contributed by atoms with Crippen molar-refractivity contribution < 1.29 is 5.11 Å². The van der Waals surface area contributed by atoms with Gasteiger partial charge in [-0.05, 0) is 61.9 Å². The minimum absolute atomic E-state index is 0.435. The number of likely N-dealkylation sites (tertiary alicyclic amines) is 1. The molecule has 0 unspecified atom stereocenters. The molecule has 0 aliphatic carbocycles. The van der Waals surface area contributed by atoms with Gasteiger partial charge in [0.1, 0.15) is 5.75 Å². The SMILES string of the molecule is Cc1cc(O)c(CN2CCC[C@@H]2c2cccs2)cc1C. The van der Waals surface area contributed by atoms with Crippen molar-refractivity contribution in [2.24, 2.45) is 0 Å². The Morgan fingerprint density at radius 2 is 2.10 bits per heavy atom. The first kappa shape index (κ1) is 13.7. The zero-order chi connectivity index (χ0) is 14.1. The van der Waals surface area contributed by atoms with Crippen molar-refractivity contribution in [1.82, 2.24) is 4.90 Å². The number of hydrogen-bond acceptors (Lipinski definition) is 3. The van der Waals surface area contributed by atoms with Gasteiger partial charge in [-0.25, -0.2) is 0 Å². The van der Waals surface area contributed by atoms with Crippen LogP contribution in [0.3, 0.4) is 0 Å². The van der Waals surface area contributed by atoms with Crippen molar-refractivity contribution in [3.63, 3.8) is 0 Å². The summed E-state index contributed by atoms with van der Waals surface area (Å²) in [6, 6.07) is 8.91. The monoisotopic (exact) mass is 287 g/mol. The fraction of sp³-hybridized carbons (Fsp3) is 0.412. The largest absolute Gasteiger partial charge is 0.508 e. The topological polar surface area (TPSA) is 23.5 Å².